The minimum Gasteiger partial charge on any atom is -0.454 e. The van der Waals surface area contributed by atoms with Crippen molar-refractivity contribution in [3.8, 4) is 17.2 Å². The Labute approximate surface area is 195 Å². The van der Waals surface area contributed by atoms with Crippen LogP contribution in [-0.2, 0) is 23.1 Å². The molecule has 0 radical (unpaired) electrons. The highest BCUT2D eigenvalue weighted by Crippen LogP contribution is 2.38. The van der Waals surface area contributed by atoms with Gasteiger partial charge < -0.3 is 24.8 Å². The quantitative estimate of drug-likeness (QED) is 0.265. The van der Waals surface area contributed by atoms with Crippen molar-refractivity contribution in [2.75, 3.05) is 13.8 Å². The second-order valence-corrected chi connectivity index (χ2v) is 7.72. The lowest BCUT2D eigenvalue weighted by atomic mass is 10.1. The molecule has 1 aliphatic heterocycles. The van der Waals surface area contributed by atoms with E-state index in [0.717, 1.165) is 5.56 Å². The lowest BCUT2D eigenvalue weighted by molar-refractivity contribution is -0.0505. The molecule has 0 aliphatic carbocycles. The molecule has 0 fully saturated rings. The van der Waals surface area contributed by atoms with Crippen LogP contribution >= 0.6 is 24.0 Å². The Morgan fingerprint density at radius 1 is 1.16 bits per heavy atom. The van der Waals surface area contributed by atoms with E-state index >= 15 is 0 Å². The number of aliphatic imine (C=N–C) groups is 1. The molecule has 31 heavy (non-hydrogen) atoms. The largest absolute Gasteiger partial charge is 0.454 e. The first-order chi connectivity index (χ1) is 14.3. The molecule has 4 N–H and O–H groups in total. The van der Waals surface area contributed by atoms with Gasteiger partial charge in [0.1, 0.15) is 5.75 Å². The number of nitrogens with one attached hydrogen (secondary N) is 2. The second-order valence-electron chi connectivity index (χ2n) is 6.16. The summed E-state index contributed by atoms with van der Waals surface area (Å²) in [6.45, 7) is -2.51. The average molecular weight is 570 g/mol. The van der Waals surface area contributed by atoms with E-state index in [1.807, 2.05) is 0 Å². The summed E-state index contributed by atoms with van der Waals surface area (Å²) in [6, 6.07) is 8.96. The van der Waals surface area contributed by atoms with Gasteiger partial charge in [0, 0.05) is 31.8 Å². The van der Waals surface area contributed by atoms with Crippen LogP contribution in [0.15, 0.2) is 46.3 Å². The van der Waals surface area contributed by atoms with Crippen LogP contribution in [0.5, 0.6) is 17.2 Å². The Balaban J connectivity index is 0.00000341. The van der Waals surface area contributed by atoms with Gasteiger partial charge in [0.15, 0.2) is 17.5 Å². The second kappa shape index (κ2) is 10.8. The molecular weight excluding hydrogens is 549 g/mol. The number of fused-ring (bicyclic) bond motifs is 1. The van der Waals surface area contributed by atoms with E-state index in [1.54, 1.807) is 25.2 Å². The SMILES string of the molecule is CN=C(NCc1ccc(S(N)(=O)=O)cc1)NCc1cc2c(cc1OC(F)F)OCO2.I. The number of nitrogens with two attached hydrogens (primary N) is 1. The van der Waals surface area contributed by atoms with Crippen LogP contribution in [0.3, 0.4) is 0 Å². The topological polar surface area (TPSA) is 124 Å². The van der Waals surface area contributed by atoms with Crippen LogP contribution in [0.2, 0.25) is 0 Å². The molecule has 0 atom stereocenters. The summed E-state index contributed by atoms with van der Waals surface area (Å²) in [4.78, 5) is 4.09. The minimum atomic E-state index is -3.75. The van der Waals surface area contributed by atoms with Crippen molar-refractivity contribution in [2.45, 2.75) is 24.6 Å². The van der Waals surface area contributed by atoms with Gasteiger partial charge in [-0.05, 0) is 23.8 Å². The maximum absolute atomic E-state index is 12.7. The van der Waals surface area contributed by atoms with E-state index in [2.05, 4.69) is 20.4 Å². The molecule has 2 aromatic carbocycles. The van der Waals surface area contributed by atoms with E-state index in [4.69, 9.17) is 14.6 Å². The molecule has 2 aromatic rings. The van der Waals surface area contributed by atoms with E-state index in [0.29, 0.717) is 29.6 Å². The number of benzene rings is 2. The van der Waals surface area contributed by atoms with E-state index in [1.165, 1.54) is 18.2 Å². The number of guanidine groups is 1. The molecule has 1 aliphatic rings. The zero-order valence-electron chi connectivity index (χ0n) is 16.3. The highest BCUT2D eigenvalue weighted by molar-refractivity contribution is 14.0. The number of nitrogens with zero attached hydrogens (tertiary/aromatic N) is 1. The van der Waals surface area contributed by atoms with Crippen LogP contribution in [0.25, 0.3) is 0 Å². The van der Waals surface area contributed by atoms with Crippen LogP contribution in [-0.4, -0.2) is 34.8 Å². The van der Waals surface area contributed by atoms with E-state index in [9.17, 15) is 17.2 Å². The fourth-order valence-electron chi connectivity index (χ4n) is 2.69. The zero-order chi connectivity index (χ0) is 21.7. The van der Waals surface area contributed by atoms with E-state index < -0.39 is 16.6 Å². The Bertz CT molecular complexity index is 1040. The van der Waals surface area contributed by atoms with Crippen molar-refractivity contribution < 1.29 is 31.4 Å². The van der Waals surface area contributed by atoms with Gasteiger partial charge in [-0.1, -0.05) is 12.1 Å². The van der Waals surface area contributed by atoms with Gasteiger partial charge in [0.2, 0.25) is 16.8 Å². The fourth-order valence-corrected chi connectivity index (χ4v) is 3.21. The molecule has 0 saturated carbocycles. The van der Waals surface area contributed by atoms with Crippen molar-refractivity contribution in [2.24, 2.45) is 10.1 Å². The highest BCUT2D eigenvalue weighted by atomic mass is 127. The van der Waals surface area contributed by atoms with Crippen LogP contribution in [0.4, 0.5) is 8.78 Å². The predicted octanol–water partition coefficient (Wildman–Crippen LogP) is 2.15. The first-order valence-corrected chi connectivity index (χ1v) is 10.2. The molecular formula is C18H21F2IN4O5S. The van der Waals surface area contributed by atoms with Crippen molar-refractivity contribution in [3.05, 3.63) is 47.5 Å². The van der Waals surface area contributed by atoms with Gasteiger partial charge in [-0.2, -0.15) is 8.78 Å². The average Bonchev–Trinajstić information content (AvgIpc) is 3.14. The Morgan fingerprint density at radius 3 is 2.35 bits per heavy atom. The summed E-state index contributed by atoms with van der Waals surface area (Å²) < 4.78 is 63.1. The highest BCUT2D eigenvalue weighted by Gasteiger charge is 2.20. The van der Waals surface area contributed by atoms with Gasteiger partial charge in [-0.15, -0.1) is 24.0 Å². The summed E-state index contributed by atoms with van der Waals surface area (Å²) in [6.07, 6.45) is 0. The molecule has 13 heteroatoms. The van der Waals surface area contributed by atoms with Crippen LogP contribution in [0, 0.1) is 0 Å². The molecule has 0 bridgehead atoms. The third-order valence-electron chi connectivity index (χ3n) is 4.15. The predicted molar refractivity (Wildman–Crippen MR) is 119 cm³/mol. The van der Waals surface area contributed by atoms with Gasteiger partial charge >= 0.3 is 6.61 Å². The molecule has 170 valence electrons. The minimum absolute atomic E-state index is 0. The molecule has 0 spiro atoms. The molecule has 0 saturated heterocycles. The number of sulfonamides is 1. The van der Waals surface area contributed by atoms with Crippen LogP contribution < -0.4 is 30.0 Å². The number of alkyl halides is 2. The third-order valence-corrected chi connectivity index (χ3v) is 5.08. The maximum Gasteiger partial charge on any atom is 0.387 e. The number of primary sulfonamides is 1. The molecule has 1 heterocycles. The van der Waals surface area contributed by atoms with Gasteiger partial charge in [0.05, 0.1) is 4.90 Å². The number of halogens is 3. The van der Waals surface area contributed by atoms with Crippen molar-refractivity contribution in [1.82, 2.24) is 10.6 Å². The third kappa shape index (κ3) is 6.80. The molecule has 0 amide bonds. The smallest absolute Gasteiger partial charge is 0.387 e. The standard InChI is InChI=1S/C18H20F2N4O5S.HI/c1-22-18(23-8-11-2-4-13(5-3-11)30(21,25)26)24-9-12-6-15-16(28-10-27-15)7-14(12)29-17(19)20;/h2-7,17H,8-10H2,1H3,(H2,21,25,26)(H2,22,23,24);1H. The van der Waals surface area contributed by atoms with Crippen LogP contribution in [0.1, 0.15) is 11.1 Å². The Kier molecular flexibility index (Phi) is 8.64. The lowest BCUT2D eigenvalue weighted by Gasteiger charge is -2.15. The summed E-state index contributed by atoms with van der Waals surface area (Å²) in [7, 11) is -2.20. The monoisotopic (exact) mass is 570 g/mol. The maximum atomic E-state index is 12.7. The number of hydrogen-bond donors (Lipinski definition) is 3. The van der Waals surface area contributed by atoms with E-state index in [-0.39, 0.29) is 48.0 Å². The first kappa shape index (κ1) is 24.9. The summed E-state index contributed by atoms with van der Waals surface area (Å²) in [5.41, 5.74) is 1.22. The normalized spacial score (nSPS) is 13.0. The number of ether oxygens (including phenoxy) is 3. The van der Waals surface area contributed by atoms with Crippen molar-refractivity contribution >= 4 is 40.0 Å². The number of rotatable bonds is 7. The van der Waals surface area contributed by atoms with Gasteiger partial charge in [-0.3, -0.25) is 4.99 Å². The summed E-state index contributed by atoms with van der Waals surface area (Å²) in [5.74, 6) is 1.13. The number of hydrogen-bond acceptors (Lipinski definition) is 6. The Morgan fingerprint density at radius 2 is 1.77 bits per heavy atom. The Hall–Kier alpha value is -2.39. The van der Waals surface area contributed by atoms with Crippen molar-refractivity contribution in [1.29, 1.82) is 0 Å². The summed E-state index contributed by atoms with van der Waals surface area (Å²) >= 11 is 0. The molecule has 0 aromatic heterocycles. The van der Waals surface area contributed by atoms with Gasteiger partial charge in [-0.25, -0.2) is 13.6 Å². The lowest BCUT2D eigenvalue weighted by Crippen LogP contribution is -2.36. The molecule has 9 nitrogen and oxygen atoms in total. The van der Waals surface area contributed by atoms with Crippen molar-refractivity contribution in [3.63, 3.8) is 0 Å². The first-order valence-electron chi connectivity index (χ1n) is 8.70. The fraction of sp³-hybridized carbons (Fsp3) is 0.278. The molecule has 0 unspecified atom stereocenters. The van der Waals surface area contributed by atoms with Gasteiger partial charge in [0.25, 0.3) is 0 Å². The summed E-state index contributed by atoms with van der Waals surface area (Å²) in [5, 5.41) is 11.1. The zero-order valence-corrected chi connectivity index (χ0v) is 19.4. The molecule has 3 rings (SSSR count).